The molecule has 12 heteroatoms. The van der Waals surface area contributed by atoms with Gasteiger partial charge >= 0.3 is 12.4 Å². The molecule has 0 radical (unpaired) electrons. The maximum absolute atomic E-state index is 14.0. The molecule has 0 atom stereocenters. The van der Waals surface area contributed by atoms with Gasteiger partial charge in [-0.05, 0) is 48.6 Å². The first-order valence-corrected chi connectivity index (χ1v) is 13.3. The number of ether oxygens (including phenoxy) is 1. The van der Waals surface area contributed by atoms with Crippen LogP contribution in [0.4, 0.5) is 32.0 Å². The lowest BCUT2D eigenvalue weighted by atomic mass is 9.91. The van der Waals surface area contributed by atoms with Crippen LogP contribution in [0.5, 0.6) is 0 Å². The van der Waals surface area contributed by atoms with Crippen LogP contribution < -0.4 is 5.32 Å². The third kappa shape index (κ3) is 6.46. The number of amides is 1. The molecule has 3 rings (SSSR count). The summed E-state index contributed by atoms with van der Waals surface area (Å²) in [6.45, 7) is 0.826. The van der Waals surface area contributed by atoms with Crippen LogP contribution >= 0.6 is 0 Å². The molecule has 1 fully saturated rings. The van der Waals surface area contributed by atoms with Gasteiger partial charge in [-0.15, -0.1) is 0 Å². The molecule has 1 aliphatic rings. The maximum Gasteiger partial charge on any atom is 0.430 e. The lowest BCUT2D eigenvalue weighted by Gasteiger charge is -2.38. The number of anilines is 1. The summed E-state index contributed by atoms with van der Waals surface area (Å²) in [5.74, 6) is -1.05. The highest BCUT2D eigenvalue weighted by molar-refractivity contribution is 7.91. The van der Waals surface area contributed by atoms with Crippen molar-refractivity contribution in [1.29, 1.82) is 0 Å². The molecule has 0 heterocycles. The molecule has 0 spiro atoms. The smallest absolute Gasteiger partial charge is 0.354 e. The fourth-order valence-corrected chi connectivity index (χ4v) is 5.20. The summed E-state index contributed by atoms with van der Waals surface area (Å²) in [6.07, 6.45) is -9.25. The molecule has 0 aromatic heterocycles. The average molecular weight is 552 g/mol. The Hall–Kier alpha value is -2.60. The SMILES string of the molecule is CCS(=O)(=O)c1ccc(CC(=O)Nc2ccc(C(OCC3CCCC3)(C(F)(F)F)C(F)(F)F)cc2)cc1. The summed E-state index contributed by atoms with van der Waals surface area (Å²) < 4.78 is 112. The number of halogens is 6. The van der Waals surface area contributed by atoms with Gasteiger partial charge in [0.2, 0.25) is 5.91 Å². The highest BCUT2D eigenvalue weighted by Gasteiger charge is 2.73. The number of benzene rings is 2. The molecule has 37 heavy (non-hydrogen) atoms. The molecule has 0 unspecified atom stereocenters. The molecule has 1 amide bonds. The number of carbonyl (C=O) groups excluding carboxylic acids is 1. The minimum absolute atomic E-state index is 0.00651. The molecule has 5 nitrogen and oxygen atoms in total. The van der Waals surface area contributed by atoms with Crippen LogP contribution in [0.15, 0.2) is 53.4 Å². The number of nitrogens with one attached hydrogen (secondary N) is 1. The molecular formula is C25H27F6NO4S. The average Bonchev–Trinajstić information content (AvgIpc) is 3.32. The van der Waals surface area contributed by atoms with E-state index in [1.54, 1.807) is 0 Å². The largest absolute Gasteiger partial charge is 0.430 e. The van der Waals surface area contributed by atoms with Gasteiger partial charge in [0.1, 0.15) is 0 Å². The molecule has 1 saturated carbocycles. The lowest BCUT2D eigenvalue weighted by Crippen LogP contribution is -2.56. The zero-order chi connectivity index (χ0) is 27.5. The third-order valence-corrected chi connectivity index (χ3v) is 8.16. The van der Waals surface area contributed by atoms with E-state index in [4.69, 9.17) is 4.74 Å². The Bertz CT molecular complexity index is 1160. The van der Waals surface area contributed by atoms with E-state index in [1.165, 1.54) is 31.2 Å². The molecule has 0 aliphatic heterocycles. The molecule has 0 saturated heterocycles. The first kappa shape index (κ1) is 29.0. The Labute approximate surface area is 211 Å². The number of carbonyl (C=O) groups is 1. The standard InChI is InChI=1S/C25H27F6NO4S/c1-2-37(34,35)21-13-7-17(8-14-21)15-22(33)32-20-11-9-19(10-12-20)23(24(26,27)28,25(29,30)31)36-16-18-5-3-4-6-18/h7-14,18H,2-6,15-16H2,1H3,(H,32,33). The molecule has 2 aromatic rings. The summed E-state index contributed by atoms with van der Waals surface area (Å²) in [4.78, 5) is 12.5. The summed E-state index contributed by atoms with van der Waals surface area (Å²) in [6, 6.07) is 8.82. The maximum atomic E-state index is 14.0. The zero-order valence-electron chi connectivity index (χ0n) is 20.0. The van der Waals surface area contributed by atoms with E-state index < -0.39 is 45.9 Å². The van der Waals surface area contributed by atoms with Crippen LogP contribution in [0.2, 0.25) is 0 Å². The predicted octanol–water partition coefficient (Wildman–Crippen LogP) is 6.19. The van der Waals surface area contributed by atoms with Gasteiger partial charge in [0, 0.05) is 11.3 Å². The summed E-state index contributed by atoms with van der Waals surface area (Å²) in [5.41, 5.74) is -5.16. The molecular weight excluding hydrogens is 524 g/mol. The van der Waals surface area contributed by atoms with Crippen molar-refractivity contribution in [2.45, 2.75) is 61.9 Å². The van der Waals surface area contributed by atoms with Crippen LogP contribution in [0, 0.1) is 5.92 Å². The Morgan fingerprint density at radius 3 is 1.95 bits per heavy atom. The van der Waals surface area contributed by atoms with Crippen LogP contribution in [0.3, 0.4) is 0 Å². The minimum Gasteiger partial charge on any atom is -0.354 e. The first-order chi connectivity index (χ1) is 17.2. The minimum atomic E-state index is -5.77. The van der Waals surface area contributed by atoms with Gasteiger partial charge in [-0.3, -0.25) is 4.79 Å². The summed E-state index contributed by atoms with van der Waals surface area (Å²) in [5, 5.41) is 2.42. The lowest BCUT2D eigenvalue weighted by molar-refractivity contribution is -0.391. The Balaban J connectivity index is 1.76. The van der Waals surface area contributed by atoms with Crippen LogP contribution in [0.25, 0.3) is 0 Å². The zero-order valence-corrected chi connectivity index (χ0v) is 20.8. The van der Waals surface area contributed by atoms with E-state index in [-0.39, 0.29) is 28.7 Å². The van der Waals surface area contributed by atoms with Crippen molar-refractivity contribution in [1.82, 2.24) is 0 Å². The predicted molar refractivity (Wildman–Crippen MR) is 125 cm³/mol. The number of hydrogen-bond donors (Lipinski definition) is 1. The number of rotatable bonds is 9. The van der Waals surface area contributed by atoms with Gasteiger partial charge in [0.05, 0.1) is 23.7 Å². The van der Waals surface area contributed by atoms with Crippen molar-refractivity contribution >= 4 is 21.4 Å². The molecule has 0 bridgehead atoms. The number of hydrogen-bond acceptors (Lipinski definition) is 4. The van der Waals surface area contributed by atoms with Gasteiger partial charge in [-0.25, -0.2) is 8.42 Å². The van der Waals surface area contributed by atoms with E-state index in [9.17, 15) is 39.6 Å². The summed E-state index contributed by atoms with van der Waals surface area (Å²) in [7, 11) is -3.41. The molecule has 1 aliphatic carbocycles. The Morgan fingerprint density at radius 2 is 1.46 bits per heavy atom. The second kappa shape index (κ2) is 11.0. The summed E-state index contributed by atoms with van der Waals surface area (Å²) >= 11 is 0. The van der Waals surface area contributed by atoms with Gasteiger partial charge in [0.25, 0.3) is 5.60 Å². The van der Waals surface area contributed by atoms with Gasteiger partial charge < -0.3 is 10.1 Å². The van der Waals surface area contributed by atoms with Crippen LogP contribution in [0.1, 0.15) is 43.7 Å². The quantitative estimate of drug-likeness (QED) is 0.378. The highest BCUT2D eigenvalue weighted by Crippen LogP contribution is 2.53. The van der Waals surface area contributed by atoms with Crippen LogP contribution in [-0.2, 0) is 31.4 Å². The number of sulfone groups is 1. The van der Waals surface area contributed by atoms with Crippen molar-refractivity contribution < 1.29 is 44.3 Å². The van der Waals surface area contributed by atoms with Crippen molar-refractivity contribution in [3.63, 3.8) is 0 Å². The van der Waals surface area contributed by atoms with E-state index in [1.807, 2.05) is 0 Å². The highest BCUT2D eigenvalue weighted by atomic mass is 32.2. The van der Waals surface area contributed by atoms with Crippen molar-refractivity contribution in [3.05, 3.63) is 59.7 Å². The van der Waals surface area contributed by atoms with Crippen LogP contribution in [-0.4, -0.2) is 39.0 Å². The van der Waals surface area contributed by atoms with Crippen molar-refractivity contribution in [3.8, 4) is 0 Å². The van der Waals surface area contributed by atoms with Gasteiger partial charge in [-0.2, -0.15) is 26.3 Å². The Morgan fingerprint density at radius 1 is 0.919 bits per heavy atom. The van der Waals surface area contributed by atoms with Crippen molar-refractivity contribution in [2.75, 3.05) is 17.7 Å². The molecule has 2 aromatic carbocycles. The van der Waals surface area contributed by atoms with Gasteiger partial charge in [0.15, 0.2) is 9.84 Å². The number of alkyl halides is 6. The fourth-order valence-electron chi connectivity index (χ4n) is 4.32. The third-order valence-electron chi connectivity index (χ3n) is 6.41. The second-order valence-corrected chi connectivity index (χ2v) is 11.3. The molecule has 204 valence electrons. The van der Waals surface area contributed by atoms with Gasteiger partial charge in [-0.1, -0.05) is 44.0 Å². The van der Waals surface area contributed by atoms with E-state index in [0.717, 1.165) is 25.0 Å². The molecule has 1 N–H and O–H groups in total. The normalized spacial score (nSPS) is 15.6. The Kier molecular flexibility index (Phi) is 8.63. The first-order valence-electron chi connectivity index (χ1n) is 11.7. The van der Waals surface area contributed by atoms with E-state index in [2.05, 4.69) is 5.32 Å². The topological polar surface area (TPSA) is 72.5 Å². The van der Waals surface area contributed by atoms with E-state index in [0.29, 0.717) is 30.5 Å². The second-order valence-electron chi connectivity index (χ2n) is 8.99. The van der Waals surface area contributed by atoms with E-state index >= 15 is 0 Å². The van der Waals surface area contributed by atoms with Crippen molar-refractivity contribution in [2.24, 2.45) is 5.92 Å². The monoisotopic (exact) mass is 551 g/mol. The fraction of sp³-hybridized carbons (Fsp3) is 0.480.